The molecule has 0 bridgehead atoms. The molecule has 0 aliphatic heterocycles. The van der Waals surface area contributed by atoms with Crippen molar-refractivity contribution < 1.29 is 9.47 Å². The summed E-state index contributed by atoms with van der Waals surface area (Å²) in [5.41, 5.74) is 0. The van der Waals surface area contributed by atoms with E-state index in [2.05, 4.69) is 42.8 Å². The normalized spacial score (nSPS) is 11.0. The molecule has 2 rings (SSSR count). The Morgan fingerprint density at radius 3 is 1.36 bits per heavy atom. The summed E-state index contributed by atoms with van der Waals surface area (Å²) in [7, 11) is 2.87. The number of hydrogen-bond donors (Lipinski definition) is 0. The first-order valence-electron chi connectivity index (χ1n) is 7.56. The highest BCUT2D eigenvalue weighted by atomic mass is 31.1. The van der Waals surface area contributed by atoms with Gasteiger partial charge in [-0.1, -0.05) is 13.8 Å². The summed E-state index contributed by atoms with van der Waals surface area (Å²) in [6, 6.07) is 16.9. The van der Waals surface area contributed by atoms with Crippen LogP contribution in [0.25, 0.3) is 0 Å². The molecule has 22 heavy (non-hydrogen) atoms. The molecule has 0 unspecified atom stereocenters. The van der Waals surface area contributed by atoms with Crippen molar-refractivity contribution in [1.29, 1.82) is 0 Å². The largest absolute Gasteiger partial charge is 0.497 e. The first-order chi connectivity index (χ1) is 10.7. The van der Waals surface area contributed by atoms with Crippen LogP contribution in [0, 0.1) is 0 Å². The summed E-state index contributed by atoms with van der Waals surface area (Å²) in [4.78, 5) is 0. The first kappa shape index (κ1) is 16.8. The number of hydrogen-bond acceptors (Lipinski definition) is 3. The molecule has 118 valence electrons. The summed E-state index contributed by atoms with van der Waals surface area (Å²) >= 11 is 0. The van der Waals surface area contributed by atoms with Crippen LogP contribution in [-0.4, -0.2) is 32.0 Å². The van der Waals surface area contributed by atoms with Gasteiger partial charge < -0.3 is 9.47 Å². The van der Waals surface area contributed by atoms with Gasteiger partial charge in [0.2, 0.25) is 0 Å². The Balaban J connectivity index is 2.39. The maximum Gasteiger partial charge on any atom is 0.118 e. The SMILES string of the molecule is CCN(CC)P(c1ccc(OC)cc1)c1ccc(OC)cc1. The first-order valence-corrected chi connectivity index (χ1v) is 8.86. The molecule has 0 saturated heterocycles. The van der Waals surface area contributed by atoms with Gasteiger partial charge in [-0.15, -0.1) is 0 Å². The molecule has 4 heteroatoms. The molecule has 0 aliphatic rings. The Hall–Kier alpha value is -1.57. The highest BCUT2D eigenvalue weighted by molar-refractivity contribution is 7.70. The highest BCUT2D eigenvalue weighted by Crippen LogP contribution is 2.38. The zero-order valence-corrected chi connectivity index (χ0v) is 14.6. The second-order valence-corrected chi connectivity index (χ2v) is 7.07. The standard InChI is InChI=1S/C18H24NO2P/c1-5-19(6-2)22(17-11-7-15(20-3)8-12-17)18-13-9-16(21-4)10-14-18/h7-14H,5-6H2,1-4H3. The quantitative estimate of drug-likeness (QED) is 0.731. The van der Waals surface area contributed by atoms with Crippen molar-refractivity contribution in [1.82, 2.24) is 4.67 Å². The maximum absolute atomic E-state index is 5.28. The third-order valence-electron chi connectivity index (χ3n) is 3.65. The van der Waals surface area contributed by atoms with E-state index in [1.54, 1.807) is 14.2 Å². The van der Waals surface area contributed by atoms with Gasteiger partial charge in [-0.25, -0.2) is 0 Å². The van der Waals surface area contributed by atoms with Gasteiger partial charge in [0.15, 0.2) is 0 Å². The van der Waals surface area contributed by atoms with Crippen molar-refractivity contribution in [2.45, 2.75) is 13.8 Å². The molecule has 0 atom stereocenters. The van der Waals surface area contributed by atoms with Gasteiger partial charge in [0.1, 0.15) is 11.5 Å². The van der Waals surface area contributed by atoms with E-state index in [4.69, 9.17) is 9.47 Å². The molecule has 2 aromatic rings. The van der Waals surface area contributed by atoms with Crippen LogP contribution in [0.2, 0.25) is 0 Å². The van der Waals surface area contributed by atoms with Crippen molar-refractivity contribution in [3.63, 3.8) is 0 Å². The van der Waals surface area contributed by atoms with E-state index < -0.39 is 8.07 Å². The number of ether oxygens (including phenoxy) is 2. The van der Waals surface area contributed by atoms with Gasteiger partial charge >= 0.3 is 0 Å². The van der Waals surface area contributed by atoms with E-state index in [0.29, 0.717) is 0 Å². The van der Waals surface area contributed by atoms with Crippen molar-refractivity contribution in [3.8, 4) is 11.5 Å². The Morgan fingerprint density at radius 2 is 1.09 bits per heavy atom. The number of rotatable bonds is 7. The maximum atomic E-state index is 5.28. The van der Waals surface area contributed by atoms with Crippen molar-refractivity contribution >= 4 is 18.7 Å². The molecule has 0 radical (unpaired) electrons. The van der Waals surface area contributed by atoms with Crippen molar-refractivity contribution in [2.24, 2.45) is 0 Å². The fraction of sp³-hybridized carbons (Fsp3) is 0.333. The van der Waals surface area contributed by atoms with E-state index in [1.165, 1.54) is 10.6 Å². The lowest BCUT2D eigenvalue weighted by molar-refractivity contribution is 0.415. The Kier molecular flexibility index (Phi) is 6.23. The molecule has 2 aromatic carbocycles. The van der Waals surface area contributed by atoms with Gasteiger partial charge in [0.05, 0.1) is 14.2 Å². The molecule has 0 spiro atoms. The zero-order chi connectivity index (χ0) is 15.9. The fourth-order valence-corrected chi connectivity index (χ4v) is 4.81. The molecule has 0 aromatic heterocycles. The molecule has 0 N–H and O–H groups in total. The van der Waals surface area contributed by atoms with Gasteiger partial charge in [0, 0.05) is 8.07 Å². The molecule has 0 heterocycles. The molecular formula is C18H24NO2P. The topological polar surface area (TPSA) is 21.7 Å². The summed E-state index contributed by atoms with van der Waals surface area (Å²) in [6.45, 7) is 6.48. The predicted molar refractivity (Wildman–Crippen MR) is 95.1 cm³/mol. The number of benzene rings is 2. The zero-order valence-electron chi connectivity index (χ0n) is 13.7. The Morgan fingerprint density at radius 1 is 0.727 bits per heavy atom. The van der Waals surface area contributed by atoms with Crippen LogP contribution in [0.5, 0.6) is 11.5 Å². The average Bonchev–Trinajstić information content (AvgIpc) is 2.60. The monoisotopic (exact) mass is 317 g/mol. The summed E-state index contributed by atoms with van der Waals surface area (Å²) in [5.74, 6) is 1.79. The van der Waals surface area contributed by atoms with Crippen molar-refractivity contribution in [3.05, 3.63) is 48.5 Å². The van der Waals surface area contributed by atoms with Crippen LogP contribution in [0.4, 0.5) is 0 Å². The average molecular weight is 317 g/mol. The van der Waals surface area contributed by atoms with Crippen LogP contribution in [0.3, 0.4) is 0 Å². The lowest BCUT2D eigenvalue weighted by atomic mass is 10.3. The second-order valence-electron chi connectivity index (χ2n) is 4.85. The van der Waals surface area contributed by atoms with Crippen LogP contribution >= 0.6 is 8.07 Å². The third kappa shape index (κ3) is 3.79. The van der Waals surface area contributed by atoms with Crippen LogP contribution in [0.1, 0.15) is 13.8 Å². The van der Waals surface area contributed by atoms with Crippen LogP contribution in [-0.2, 0) is 0 Å². The minimum Gasteiger partial charge on any atom is -0.497 e. The lowest BCUT2D eigenvalue weighted by Crippen LogP contribution is -2.28. The minimum atomic E-state index is -0.527. The predicted octanol–water partition coefficient (Wildman–Crippen LogP) is 3.39. The molecule has 0 aliphatic carbocycles. The lowest BCUT2D eigenvalue weighted by Gasteiger charge is -2.30. The fourth-order valence-electron chi connectivity index (χ4n) is 2.43. The summed E-state index contributed by atoms with van der Waals surface area (Å²) in [6.07, 6.45) is 0. The summed E-state index contributed by atoms with van der Waals surface area (Å²) < 4.78 is 13.1. The molecule has 0 amide bonds. The van der Waals surface area contributed by atoms with E-state index in [9.17, 15) is 0 Å². The molecular weight excluding hydrogens is 293 g/mol. The van der Waals surface area contributed by atoms with E-state index >= 15 is 0 Å². The Bertz CT molecular complexity index is 517. The minimum absolute atomic E-state index is 0.527. The van der Waals surface area contributed by atoms with E-state index in [1.807, 2.05) is 24.3 Å². The number of nitrogens with zero attached hydrogens (tertiary/aromatic N) is 1. The smallest absolute Gasteiger partial charge is 0.118 e. The van der Waals surface area contributed by atoms with Gasteiger partial charge in [0.25, 0.3) is 0 Å². The molecule has 0 fully saturated rings. The molecule has 0 saturated carbocycles. The second kappa shape index (κ2) is 8.17. The van der Waals surface area contributed by atoms with Crippen LogP contribution in [0.15, 0.2) is 48.5 Å². The summed E-state index contributed by atoms with van der Waals surface area (Å²) in [5, 5.41) is 2.68. The van der Waals surface area contributed by atoms with Gasteiger partial charge in [-0.05, 0) is 72.2 Å². The van der Waals surface area contributed by atoms with Crippen LogP contribution < -0.4 is 20.1 Å². The van der Waals surface area contributed by atoms with E-state index in [-0.39, 0.29) is 0 Å². The van der Waals surface area contributed by atoms with Crippen molar-refractivity contribution in [2.75, 3.05) is 27.3 Å². The molecule has 3 nitrogen and oxygen atoms in total. The van der Waals surface area contributed by atoms with Gasteiger partial charge in [-0.3, -0.25) is 4.67 Å². The number of methoxy groups -OCH3 is 2. The van der Waals surface area contributed by atoms with Gasteiger partial charge in [-0.2, -0.15) is 0 Å². The van der Waals surface area contributed by atoms with E-state index in [0.717, 1.165) is 24.6 Å². The highest BCUT2D eigenvalue weighted by Gasteiger charge is 2.20. The third-order valence-corrected chi connectivity index (χ3v) is 6.35. The Labute approximate surface area is 134 Å².